The summed E-state index contributed by atoms with van der Waals surface area (Å²) in [6.45, 7) is 11.0. The Labute approximate surface area is 188 Å². The molecule has 33 heavy (non-hydrogen) atoms. The molecule has 0 spiro atoms. The molecule has 4 rings (SSSR count). The maximum absolute atomic E-state index is 13.4. The average molecular weight is 455 g/mol. The molecule has 0 bridgehead atoms. The maximum atomic E-state index is 13.4. The molecule has 0 saturated carbocycles. The number of nitrogens with one attached hydrogen (secondary N) is 1. The number of aliphatic hydroxyl groups is 1. The quantitative estimate of drug-likeness (QED) is 0.565. The molecule has 0 amide bonds. The average Bonchev–Trinajstić information content (AvgIpc) is 2.77. The molecule has 0 fully saturated rings. The van der Waals surface area contributed by atoms with E-state index >= 15 is 0 Å². The number of aromatic nitrogens is 4. The van der Waals surface area contributed by atoms with Crippen LogP contribution in [0.25, 0.3) is 4.85 Å². The molecule has 0 unspecified atom stereocenters. The second-order valence-electron chi connectivity index (χ2n) is 8.12. The Morgan fingerprint density at radius 1 is 1.12 bits per heavy atom. The first-order valence-corrected chi connectivity index (χ1v) is 10.1. The minimum atomic E-state index is -4.61. The number of anilines is 3. The van der Waals surface area contributed by atoms with E-state index in [0.717, 1.165) is 11.6 Å². The maximum Gasteiger partial charge on any atom is 0.407 e. The van der Waals surface area contributed by atoms with Crippen molar-refractivity contribution in [3.63, 3.8) is 0 Å². The summed E-state index contributed by atoms with van der Waals surface area (Å²) in [6.07, 6.45) is -2.73. The summed E-state index contributed by atoms with van der Waals surface area (Å²) < 4.78 is 40.1. The van der Waals surface area contributed by atoms with Crippen LogP contribution in [-0.4, -0.2) is 31.8 Å². The van der Waals surface area contributed by atoms with E-state index in [4.69, 9.17) is 6.57 Å². The van der Waals surface area contributed by atoms with Crippen LogP contribution in [0.3, 0.4) is 0 Å². The van der Waals surface area contributed by atoms with E-state index in [0.29, 0.717) is 48.2 Å². The standard InChI is InChI=1S/C22H20F3N7O/c1-21(2,33)18-6-7-19(31-30-18)29-20-14-8-9-32(11-17(14)27-12-28-20)13-4-5-16(26-3)15(10-13)22(23,24)25/h4-7,10,12,33H,8-9,11H2,1-2H3,(H,27,28,29,31). The Morgan fingerprint density at radius 3 is 2.55 bits per heavy atom. The summed E-state index contributed by atoms with van der Waals surface area (Å²) in [5, 5.41) is 21.2. The molecule has 0 saturated heterocycles. The number of fused-ring (bicyclic) bond motifs is 1. The number of halogens is 3. The Morgan fingerprint density at radius 2 is 1.91 bits per heavy atom. The first-order chi connectivity index (χ1) is 15.6. The normalized spacial score (nSPS) is 13.9. The predicted octanol–water partition coefficient (Wildman–Crippen LogP) is 4.37. The summed E-state index contributed by atoms with van der Waals surface area (Å²) in [5.74, 6) is 0.986. The molecular weight excluding hydrogens is 435 g/mol. The van der Waals surface area contributed by atoms with Gasteiger partial charge >= 0.3 is 6.18 Å². The lowest BCUT2D eigenvalue weighted by Gasteiger charge is -2.31. The Hall–Kier alpha value is -3.78. The summed E-state index contributed by atoms with van der Waals surface area (Å²) >= 11 is 0. The minimum Gasteiger partial charge on any atom is -0.384 e. The van der Waals surface area contributed by atoms with Gasteiger partial charge in [-0.3, -0.25) is 0 Å². The van der Waals surface area contributed by atoms with Gasteiger partial charge in [0, 0.05) is 17.8 Å². The van der Waals surface area contributed by atoms with Crippen LogP contribution < -0.4 is 10.2 Å². The summed E-state index contributed by atoms with van der Waals surface area (Å²) in [6, 6.07) is 7.08. The number of nitrogens with zero attached hydrogens (tertiary/aromatic N) is 6. The van der Waals surface area contributed by atoms with Crippen LogP contribution in [0, 0.1) is 6.57 Å². The molecule has 3 aromatic rings. The molecule has 11 heteroatoms. The SMILES string of the molecule is [C-]#[N+]c1ccc(N2CCc3c(ncnc3Nc3ccc(C(C)(C)O)nn3)C2)cc1C(F)(F)F. The molecule has 3 heterocycles. The van der Waals surface area contributed by atoms with Crippen LogP contribution in [0.5, 0.6) is 0 Å². The zero-order valence-corrected chi connectivity index (χ0v) is 17.8. The highest BCUT2D eigenvalue weighted by Crippen LogP contribution is 2.39. The molecule has 170 valence electrons. The van der Waals surface area contributed by atoms with Crippen LogP contribution in [0.1, 0.15) is 36.4 Å². The van der Waals surface area contributed by atoms with Crippen molar-refractivity contribution in [1.82, 2.24) is 20.2 Å². The van der Waals surface area contributed by atoms with Crippen molar-refractivity contribution < 1.29 is 18.3 Å². The fraction of sp³-hybridized carbons (Fsp3) is 0.318. The van der Waals surface area contributed by atoms with Gasteiger partial charge in [-0.2, -0.15) is 18.3 Å². The number of benzene rings is 1. The minimum absolute atomic E-state index is 0.296. The molecule has 0 radical (unpaired) electrons. The number of hydrogen-bond donors (Lipinski definition) is 2. The topological polar surface area (TPSA) is 91.4 Å². The zero-order valence-electron chi connectivity index (χ0n) is 17.8. The number of alkyl halides is 3. The lowest BCUT2D eigenvalue weighted by Crippen LogP contribution is -2.32. The third-order valence-corrected chi connectivity index (χ3v) is 5.32. The highest BCUT2D eigenvalue weighted by molar-refractivity contribution is 5.64. The summed E-state index contributed by atoms with van der Waals surface area (Å²) in [4.78, 5) is 13.4. The van der Waals surface area contributed by atoms with Gasteiger partial charge in [-0.15, -0.1) is 5.10 Å². The van der Waals surface area contributed by atoms with Crippen LogP contribution in [0.4, 0.5) is 36.2 Å². The molecule has 2 aromatic heterocycles. The summed E-state index contributed by atoms with van der Waals surface area (Å²) in [7, 11) is 0. The van der Waals surface area contributed by atoms with Crippen molar-refractivity contribution in [3.05, 3.63) is 70.6 Å². The molecule has 1 aliphatic rings. The monoisotopic (exact) mass is 455 g/mol. The Balaban J connectivity index is 1.57. The van der Waals surface area contributed by atoms with E-state index in [2.05, 4.69) is 30.3 Å². The molecule has 0 atom stereocenters. The predicted molar refractivity (Wildman–Crippen MR) is 115 cm³/mol. The molecule has 1 aliphatic heterocycles. The lowest BCUT2D eigenvalue weighted by atomic mass is 10.0. The van der Waals surface area contributed by atoms with Gasteiger partial charge in [-0.25, -0.2) is 14.8 Å². The van der Waals surface area contributed by atoms with E-state index in [9.17, 15) is 18.3 Å². The van der Waals surface area contributed by atoms with Crippen molar-refractivity contribution in [2.45, 2.75) is 38.6 Å². The second kappa shape index (κ2) is 8.29. The van der Waals surface area contributed by atoms with Gasteiger partial charge in [0.2, 0.25) is 0 Å². The van der Waals surface area contributed by atoms with Gasteiger partial charge in [0.15, 0.2) is 11.5 Å². The molecular formula is C22H20F3N7O. The lowest BCUT2D eigenvalue weighted by molar-refractivity contribution is -0.136. The Bertz CT molecular complexity index is 1210. The van der Waals surface area contributed by atoms with Gasteiger partial charge in [0.05, 0.1) is 30.1 Å². The van der Waals surface area contributed by atoms with Gasteiger partial charge in [-0.05, 0) is 44.5 Å². The number of hydrogen-bond acceptors (Lipinski definition) is 7. The first kappa shape index (κ1) is 22.4. The van der Waals surface area contributed by atoms with E-state index in [1.54, 1.807) is 30.9 Å². The number of rotatable bonds is 4. The van der Waals surface area contributed by atoms with Crippen molar-refractivity contribution >= 4 is 23.0 Å². The smallest absolute Gasteiger partial charge is 0.384 e. The van der Waals surface area contributed by atoms with Crippen LogP contribution in [0.2, 0.25) is 0 Å². The molecule has 2 N–H and O–H groups in total. The van der Waals surface area contributed by atoms with Crippen molar-refractivity contribution in [3.8, 4) is 0 Å². The third-order valence-electron chi connectivity index (χ3n) is 5.32. The van der Waals surface area contributed by atoms with Crippen LogP contribution in [-0.2, 0) is 24.7 Å². The van der Waals surface area contributed by atoms with E-state index < -0.39 is 23.0 Å². The highest BCUT2D eigenvalue weighted by atomic mass is 19.4. The van der Waals surface area contributed by atoms with Gasteiger partial charge in [-0.1, -0.05) is 6.07 Å². The van der Waals surface area contributed by atoms with Crippen molar-refractivity contribution in [1.29, 1.82) is 0 Å². The van der Waals surface area contributed by atoms with Crippen molar-refractivity contribution in [2.75, 3.05) is 16.8 Å². The Kier molecular flexibility index (Phi) is 5.63. The third kappa shape index (κ3) is 4.70. The van der Waals surface area contributed by atoms with Crippen LogP contribution in [0.15, 0.2) is 36.7 Å². The summed E-state index contributed by atoms with van der Waals surface area (Å²) in [5.41, 5.74) is -0.147. The van der Waals surface area contributed by atoms with Gasteiger partial charge in [0.25, 0.3) is 0 Å². The first-order valence-electron chi connectivity index (χ1n) is 10.1. The highest BCUT2D eigenvalue weighted by Gasteiger charge is 2.34. The second-order valence-corrected chi connectivity index (χ2v) is 8.12. The molecule has 0 aliphatic carbocycles. The van der Waals surface area contributed by atoms with E-state index in [1.165, 1.54) is 18.5 Å². The fourth-order valence-electron chi connectivity index (χ4n) is 3.57. The van der Waals surface area contributed by atoms with Gasteiger partial charge in [0.1, 0.15) is 17.7 Å². The van der Waals surface area contributed by atoms with E-state index in [1.807, 2.05) is 0 Å². The van der Waals surface area contributed by atoms with E-state index in [-0.39, 0.29) is 0 Å². The molecule has 1 aromatic carbocycles. The van der Waals surface area contributed by atoms with Crippen molar-refractivity contribution in [2.24, 2.45) is 0 Å². The van der Waals surface area contributed by atoms with Crippen LogP contribution >= 0.6 is 0 Å². The zero-order chi connectivity index (χ0) is 23.8. The largest absolute Gasteiger partial charge is 0.407 e. The fourth-order valence-corrected chi connectivity index (χ4v) is 3.57. The molecule has 8 nitrogen and oxygen atoms in total. The van der Waals surface area contributed by atoms with Gasteiger partial charge < -0.3 is 15.3 Å².